The number of aromatic nitrogens is 3. The van der Waals surface area contributed by atoms with Crippen LogP contribution in [0.1, 0.15) is 204 Å². The van der Waals surface area contributed by atoms with Gasteiger partial charge in [-0.15, -0.1) is 0 Å². The number of nitrogens with zero attached hydrogens (tertiary/aromatic N) is 6. The van der Waals surface area contributed by atoms with E-state index in [1.807, 2.05) is 35.2 Å². The minimum Gasteiger partial charge on any atom is -0.463 e. The molecule has 0 radical (unpaired) electrons. The number of hydrogen-bond donors (Lipinski definition) is 10. The van der Waals surface area contributed by atoms with Crippen LogP contribution in [0.25, 0.3) is 0 Å². The van der Waals surface area contributed by atoms with Gasteiger partial charge in [0.2, 0.25) is 76.9 Å². The summed E-state index contributed by atoms with van der Waals surface area (Å²) in [4.78, 5) is 272. The van der Waals surface area contributed by atoms with Gasteiger partial charge in [-0.1, -0.05) is 30.3 Å². The molecule has 2 aromatic rings. The minimum absolute atomic E-state index is 0.00518. The fourth-order valence-corrected chi connectivity index (χ4v) is 15.5. The van der Waals surface area contributed by atoms with Gasteiger partial charge in [-0.25, -0.2) is 0 Å². The molecule has 1 aromatic heterocycles. The van der Waals surface area contributed by atoms with Crippen LogP contribution in [-0.2, 0) is 178 Å². The SMILES string of the molecule is CC(=O)N[C@H]1[C@H](OCCCCC(=O)NCCCNC(=O)CCNc2nc(N(CCC(=O)NCCCNC(=O)CCCCO[C@@H]3O[C@H](COC(C)=O)[C@H](OC(C)=O)[C@H](OC(C)=O)[C@H]3NC(C)=O)CCC(=O)NCCCNC(=O)CCCCO[C@@H]3O[C@H](COC(C)=O)[C@H](OC(C)=O)[C@H](OC(C)=O)[C@H]3NC(C)=O)nc(N3CCN(C(=O)CCCC(=O)OCc4ccccc4)CC3)n2)O[C@H](COC(C)=O)[C@H](OC(C)=O)[C@@H]1OC(C)=O. The molecule has 52 nitrogen and oxygen atoms in total. The Morgan fingerprint density at radius 3 is 1.01 bits per heavy atom. The first-order valence-electron chi connectivity index (χ1n) is 48.7. The molecule has 4 aliphatic heterocycles. The number of benzene rings is 1. The quantitative estimate of drug-likeness (QED) is 0.0221. The molecular weight excluding hydrogens is 1930 g/mol. The first kappa shape index (κ1) is 121. The zero-order valence-electron chi connectivity index (χ0n) is 84.8. The molecular formula is C94H142N16O36. The molecule has 15 atom stereocenters. The second kappa shape index (κ2) is 66.0. The lowest BCUT2D eigenvalue weighted by molar-refractivity contribution is -0.277. The monoisotopic (exact) mass is 2070 g/mol. The van der Waals surface area contributed by atoms with Gasteiger partial charge >= 0.3 is 59.7 Å². The number of unbranched alkanes of at least 4 members (excludes halogenated alkanes) is 3. The van der Waals surface area contributed by atoms with Crippen LogP contribution in [0, 0.1) is 0 Å². The maximum absolute atomic E-state index is 13.8. The van der Waals surface area contributed by atoms with Crippen LogP contribution in [0.15, 0.2) is 30.3 Å². The third-order valence-electron chi connectivity index (χ3n) is 22.1. The van der Waals surface area contributed by atoms with Gasteiger partial charge in [0.25, 0.3) is 0 Å². The molecule has 4 fully saturated rings. The minimum atomic E-state index is -1.33. The number of anilines is 3. The predicted molar refractivity (Wildman–Crippen MR) is 507 cm³/mol. The standard InChI is InChI=1S/C94H142N16O36/c1-56(111)102-80-86(141-65(10)120)83(138-62(7)117)69(53-134-59(4)114)144-89(80)131-49-19-16-28-72(123)95-36-23-39-98-75(126)33-42-101-92-105-93(107-94(106-92)110-47-45-108(46-48-110)78(129)31-22-32-79(130)137-52-68-26-14-13-15-27-68)109(43-34-76(127)99-40-24-37-96-73(124)29-17-20-50-132-90-81(103-57(2)112)87(142-66(11)121)84(139-63(8)118)70(145-90)54-135-60(5)115)44-35-77(128)100-41-25-38-97-74(125)30-18-21-51-133-91-82(104-58(3)113)88(143-67(12)122)85(140-64(9)119)71(146-91)55-136-61(6)116/h13-15,26-27,69-71,80-91H,16-25,28-55H2,1-12H3,(H,95,123)(H,96,124)(H,97,125)(H,98,126)(H,99,127)(H,100,128)(H,102,111)(H,103,112)(H,104,113)(H,101,105,106,107)/t69-,70-,71-,80-,81-,82-,83+,84+,85+,86-,87-,88-,89-,90-,91-/m1/s1. The normalized spacial score (nSPS) is 20.9. The fraction of sp³-hybridized carbons (Fsp3) is 0.691. The lowest BCUT2D eigenvalue weighted by atomic mass is 9.96. The highest BCUT2D eigenvalue weighted by Crippen LogP contribution is 2.33. The van der Waals surface area contributed by atoms with Crippen molar-refractivity contribution in [1.82, 2.24) is 67.7 Å². The molecule has 0 aliphatic carbocycles. The molecule has 6 rings (SSSR count). The summed E-state index contributed by atoms with van der Waals surface area (Å²) in [5.74, 6) is -11.1. The van der Waals surface area contributed by atoms with Crippen molar-refractivity contribution in [3.63, 3.8) is 0 Å². The molecule has 0 spiro atoms. The van der Waals surface area contributed by atoms with Crippen molar-refractivity contribution in [3.8, 4) is 0 Å². The second-order valence-electron chi connectivity index (χ2n) is 34.6. The van der Waals surface area contributed by atoms with E-state index in [2.05, 4.69) is 53.2 Å². The average Bonchev–Trinajstić information content (AvgIpc) is 0.791. The Kier molecular flexibility index (Phi) is 54.9. The summed E-state index contributed by atoms with van der Waals surface area (Å²) in [7, 11) is 0. The van der Waals surface area contributed by atoms with E-state index in [4.69, 9.17) is 90.7 Å². The number of ether oxygens (including phenoxy) is 16. The van der Waals surface area contributed by atoms with Gasteiger partial charge in [-0.05, 0) is 69.8 Å². The van der Waals surface area contributed by atoms with Crippen molar-refractivity contribution in [1.29, 1.82) is 0 Å². The van der Waals surface area contributed by atoms with E-state index in [0.717, 1.165) is 67.9 Å². The molecule has 10 N–H and O–H groups in total. The second-order valence-corrected chi connectivity index (χ2v) is 34.6. The summed E-state index contributed by atoms with van der Waals surface area (Å²) in [6, 6.07) is 5.60. The van der Waals surface area contributed by atoms with Crippen LogP contribution in [-0.4, -0.2) is 355 Å². The van der Waals surface area contributed by atoms with Gasteiger partial charge in [0, 0.05) is 239 Å². The van der Waals surface area contributed by atoms with Gasteiger partial charge in [-0.3, -0.25) is 95.9 Å². The van der Waals surface area contributed by atoms with E-state index in [0.29, 0.717) is 57.8 Å². The Hall–Kier alpha value is -13.2. The van der Waals surface area contributed by atoms with Crippen molar-refractivity contribution in [3.05, 3.63) is 35.9 Å². The first-order valence-corrected chi connectivity index (χ1v) is 48.7. The molecule has 1 aromatic carbocycles. The third-order valence-corrected chi connectivity index (χ3v) is 22.1. The van der Waals surface area contributed by atoms with Gasteiger partial charge in [0.15, 0.2) is 55.5 Å². The largest absolute Gasteiger partial charge is 0.463 e. The van der Waals surface area contributed by atoms with Crippen molar-refractivity contribution in [2.75, 3.05) is 140 Å². The van der Waals surface area contributed by atoms with E-state index in [-0.39, 0.29) is 217 Å². The van der Waals surface area contributed by atoms with E-state index >= 15 is 0 Å². The fourth-order valence-electron chi connectivity index (χ4n) is 15.5. The van der Waals surface area contributed by atoms with E-state index < -0.39 is 201 Å². The molecule has 0 saturated carbocycles. The number of carbonyl (C=O) groups is 20. The van der Waals surface area contributed by atoms with Gasteiger partial charge in [0.05, 0.1) is 0 Å². The van der Waals surface area contributed by atoms with Crippen LogP contribution >= 0.6 is 0 Å². The summed E-state index contributed by atoms with van der Waals surface area (Å²) in [5, 5.41) is 28.0. The molecule has 146 heavy (non-hydrogen) atoms. The van der Waals surface area contributed by atoms with E-state index in [9.17, 15) is 95.9 Å². The number of carbonyl (C=O) groups excluding carboxylic acids is 20. The molecule has 814 valence electrons. The first-order chi connectivity index (χ1) is 69.6. The number of piperazine rings is 1. The van der Waals surface area contributed by atoms with Crippen LogP contribution in [0.3, 0.4) is 0 Å². The molecule has 0 bridgehead atoms. The van der Waals surface area contributed by atoms with Gasteiger partial charge in [0.1, 0.15) is 62.9 Å². The number of esters is 10. The Bertz CT molecular complexity index is 4490. The van der Waals surface area contributed by atoms with Crippen LogP contribution < -0.4 is 63.0 Å². The molecule has 52 heteroatoms. The molecule has 4 saturated heterocycles. The summed E-state index contributed by atoms with van der Waals surface area (Å²) in [6.45, 7) is 14.1. The highest BCUT2D eigenvalue weighted by atomic mass is 16.7. The lowest BCUT2D eigenvalue weighted by Crippen LogP contribution is -2.66. The number of nitrogens with one attached hydrogen (secondary N) is 10. The Labute approximate surface area is 845 Å². The number of rotatable bonds is 63. The zero-order valence-corrected chi connectivity index (χ0v) is 84.8. The van der Waals surface area contributed by atoms with Crippen molar-refractivity contribution in [2.45, 2.75) is 297 Å². The number of amides is 10. The average molecular weight is 2070 g/mol. The van der Waals surface area contributed by atoms with Crippen molar-refractivity contribution in [2.24, 2.45) is 0 Å². The highest BCUT2D eigenvalue weighted by Gasteiger charge is 2.55. The van der Waals surface area contributed by atoms with Crippen LogP contribution in [0.5, 0.6) is 0 Å². The third kappa shape index (κ3) is 47.8. The zero-order chi connectivity index (χ0) is 107. The molecule has 10 amide bonds. The summed E-state index contributed by atoms with van der Waals surface area (Å²) >= 11 is 0. The van der Waals surface area contributed by atoms with E-state index in [1.54, 1.807) is 9.80 Å². The molecule has 5 heterocycles. The summed E-state index contributed by atoms with van der Waals surface area (Å²) in [5.41, 5.74) is 0.815. The van der Waals surface area contributed by atoms with Gasteiger partial charge < -0.3 is 144 Å². The summed E-state index contributed by atoms with van der Waals surface area (Å²) < 4.78 is 90.0. The van der Waals surface area contributed by atoms with Gasteiger partial charge in [-0.2, -0.15) is 15.0 Å². The maximum atomic E-state index is 13.8. The van der Waals surface area contributed by atoms with Crippen LogP contribution in [0.4, 0.5) is 17.8 Å². The Balaban J connectivity index is 1.09. The van der Waals surface area contributed by atoms with Crippen LogP contribution in [0.2, 0.25) is 0 Å². The Morgan fingerprint density at radius 1 is 0.342 bits per heavy atom. The number of hydrogen-bond acceptors (Lipinski definition) is 42. The highest BCUT2D eigenvalue weighted by molar-refractivity contribution is 5.81. The smallest absolute Gasteiger partial charge is 0.306 e. The maximum Gasteiger partial charge on any atom is 0.306 e. The Morgan fingerprint density at radius 2 is 0.678 bits per heavy atom. The molecule has 4 aliphatic rings. The van der Waals surface area contributed by atoms with Crippen molar-refractivity contribution >= 4 is 137 Å². The summed E-state index contributed by atoms with van der Waals surface area (Å²) in [6.07, 6.45) is -12.6. The van der Waals surface area contributed by atoms with Crippen molar-refractivity contribution < 1.29 is 172 Å². The van der Waals surface area contributed by atoms with E-state index in [1.165, 1.54) is 20.8 Å². The lowest BCUT2D eigenvalue weighted by Gasteiger charge is -2.44. The predicted octanol–water partition coefficient (Wildman–Crippen LogP) is -0.781. The molecule has 0 unspecified atom stereocenters. The topological polar surface area (TPSA) is 658 Å².